The molecule has 2 heterocycles. The van der Waals surface area contributed by atoms with Crippen LogP contribution in [0.5, 0.6) is 0 Å². The third-order valence-corrected chi connectivity index (χ3v) is 7.38. The molecule has 1 aromatic carbocycles. The third-order valence-electron chi connectivity index (χ3n) is 3.98. The van der Waals surface area contributed by atoms with Crippen LogP contribution >= 0.6 is 10.8 Å². The van der Waals surface area contributed by atoms with Crippen molar-refractivity contribution in [3.8, 4) is 0 Å². The van der Waals surface area contributed by atoms with E-state index in [0.29, 0.717) is 11.8 Å². The lowest BCUT2D eigenvalue weighted by atomic mass is 10.1. The second kappa shape index (κ2) is 7.57. The molecule has 0 radical (unpaired) electrons. The molecule has 0 saturated carbocycles. The van der Waals surface area contributed by atoms with Crippen molar-refractivity contribution in [1.29, 1.82) is 0 Å². The highest BCUT2D eigenvalue weighted by Crippen LogP contribution is 2.26. The molecule has 7 nitrogen and oxygen atoms in total. The number of rotatable bonds is 5. The Morgan fingerprint density at radius 2 is 1.76 bits per heavy atom. The third kappa shape index (κ3) is 4.60. The van der Waals surface area contributed by atoms with E-state index < -0.39 is 8.87 Å². The smallest absolute Gasteiger partial charge is 0.230 e. The van der Waals surface area contributed by atoms with Gasteiger partial charge in [0.25, 0.3) is 0 Å². The number of aromatic nitrogens is 3. The maximum absolute atomic E-state index is 12.4. The molecule has 2 aromatic rings. The molecule has 0 aliphatic carbocycles. The van der Waals surface area contributed by atoms with Crippen molar-refractivity contribution in [2.75, 3.05) is 23.7 Å². The van der Waals surface area contributed by atoms with Crippen LogP contribution in [-0.4, -0.2) is 36.5 Å². The maximum atomic E-state index is 12.4. The van der Waals surface area contributed by atoms with Gasteiger partial charge in [-0.25, -0.2) is 8.42 Å². The molecular weight excluding hydrogens is 358 g/mol. The highest BCUT2D eigenvalue weighted by molar-refractivity contribution is 8.71. The monoisotopic (exact) mass is 379 g/mol. The molecule has 0 unspecified atom stereocenters. The summed E-state index contributed by atoms with van der Waals surface area (Å²) >= 11 is 0. The molecule has 1 saturated heterocycles. The van der Waals surface area contributed by atoms with Gasteiger partial charge in [0, 0.05) is 13.1 Å². The summed E-state index contributed by atoms with van der Waals surface area (Å²) in [5, 5.41) is 0. The minimum Gasteiger partial charge on any atom is -0.368 e. The lowest BCUT2D eigenvalue weighted by Gasteiger charge is -2.26. The lowest BCUT2D eigenvalue weighted by Crippen LogP contribution is -2.31. The van der Waals surface area contributed by atoms with Crippen molar-refractivity contribution in [1.82, 2.24) is 15.0 Å². The number of benzene rings is 1. The van der Waals surface area contributed by atoms with Crippen LogP contribution in [0.25, 0.3) is 0 Å². The molecule has 1 aliphatic heterocycles. The highest BCUT2D eigenvalue weighted by atomic mass is 33.1. The number of piperidine rings is 1. The predicted octanol–water partition coefficient (Wildman–Crippen LogP) is 2.37. The van der Waals surface area contributed by atoms with E-state index in [0.717, 1.165) is 42.3 Å². The average molecular weight is 380 g/mol. The molecule has 3 rings (SSSR count). The van der Waals surface area contributed by atoms with Crippen molar-refractivity contribution in [2.24, 2.45) is 0 Å². The van der Waals surface area contributed by atoms with Gasteiger partial charge in [0.15, 0.2) is 0 Å². The topological polar surface area (TPSA) is 102 Å². The zero-order chi connectivity index (χ0) is 17.9. The fourth-order valence-electron chi connectivity index (χ4n) is 2.63. The molecule has 2 N–H and O–H groups in total. The fourth-order valence-corrected chi connectivity index (χ4v) is 5.15. The zero-order valence-electron chi connectivity index (χ0n) is 14.1. The number of anilines is 2. The van der Waals surface area contributed by atoms with Crippen LogP contribution < -0.4 is 10.6 Å². The summed E-state index contributed by atoms with van der Waals surface area (Å²) in [5.41, 5.74) is 6.80. The van der Waals surface area contributed by atoms with E-state index in [-0.39, 0.29) is 16.6 Å². The number of nitrogens with zero attached hydrogens (tertiary/aromatic N) is 4. The van der Waals surface area contributed by atoms with Crippen LogP contribution in [-0.2, 0) is 14.6 Å². The first kappa shape index (κ1) is 17.9. The molecule has 0 atom stereocenters. The minimum absolute atomic E-state index is 0.124. The molecule has 1 aliphatic rings. The Labute approximate surface area is 151 Å². The second-order valence-electron chi connectivity index (χ2n) is 5.99. The van der Waals surface area contributed by atoms with Gasteiger partial charge in [0.1, 0.15) is 5.82 Å². The first-order valence-electron chi connectivity index (χ1n) is 8.15. The van der Waals surface area contributed by atoms with E-state index in [1.807, 2.05) is 6.92 Å². The molecule has 1 fully saturated rings. The van der Waals surface area contributed by atoms with Gasteiger partial charge in [-0.1, -0.05) is 17.7 Å². The van der Waals surface area contributed by atoms with E-state index in [1.54, 1.807) is 24.3 Å². The summed E-state index contributed by atoms with van der Waals surface area (Å²) in [4.78, 5) is 15.0. The molecule has 134 valence electrons. The van der Waals surface area contributed by atoms with Crippen LogP contribution in [0, 0.1) is 6.92 Å². The van der Waals surface area contributed by atoms with Gasteiger partial charge in [-0.3, -0.25) is 0 Å². The summed E-state index contributed by atoms with van der Waals surface area (Å²) in [6, 6.07) is 6.78. The van der Waals surface area contributed by atoms with Gasteiger partial charge in [0.05, 0.1) is 10.6 Å². The Balaban J connectivity index is 1.74. The van der Waals surface area contributed by atoms with Gasteiger partial charge in [-0.2, -0.15) is 15.0 Å². The molecule has 9 heteroatoms. The molecular formula is C16H21N5O2S2. The van der Waals surface area contributed by atoms with Crippen molar-refractivity contribution in [3.63, 3.8) is 0 Å². The Kier molecular flexibility index (Phi) is 5.43. The summed E-state index contributed by atoms with van der Waals surface area (Å²) in [5.74, 6) is 1.17. The normalized spacial score (nSPS) is 15.3. The number of nitrogen functional groups attached to an aromatic ring is 1. The standard InChI is InChI=1S/C16H21N5O2S2/c1-12-5-7-13(8-6-12)25(22,23)24-11-14-18-15(17)20-16(19-14)21-9-3-2-4-10-21/h5-8H,2-4,9-11H2,1H3,(H2,17,18,19,20). The second-order valence-corrected chi connectivity index (χ2v) is 9.91. The molecule has 0 spiro atoms. The van der Waals surface area contributed by atoms with Crippen LogP contribution in [0.15, 0.2) is 29.2 Å². The molecule has 0 bridgehead atoms. The van der Waals surface area contributed by atoms with Crippen LogP contribution in [0.4, 0.5) is 11.9 Å². The van der Waals surface area contributed by atoms with E-state index in [1.165, 1.54) is 6.42 Å². The van der Waals surface area contributed by atoms with Crippen LogP contribution in [0.1, 0.15) is 30.7 Å². The number of nitrogens with two attached hydrogens (primary N) is 1. The van der Waals surface area contributed by atoms with Crippen LogP contribution in [0.3, 0.4) is 0 Å². The summed E-state index contributed by atoms with van der Waals surface area (Å²) in [6.07, 6.45) is 3.39. The van der Waals surface area contributed by atoms with Gasteiger partial charge < -0.3 is 10.6 Å². The highest BCUT2D eigenvalue weighted by Gasteiger charge is 2.19. The Hall–Kier alpha value is -1.87. The number of aryl methyl sites for hydroxylation is 1. The van der Waals surface area contributed by atoms with E-state index in [4.69, 9.17) is 5.73 Å². The SMILES string of the molecule is Cc1ccc(S(=O)(=O)SCc2nc(N)nc(N3CCCCC3)n2)cc1. The van der Waals surface area contributed by atoms with E-state index in [9.17, 15) is 8.42 Å². The maximum Gasteiger partial charge on any atom is 0.230 e. The van der Waals surface area contributed by atoms with Crippen molar-refractivity contribution in [2.45, 2.75) is 36.8 Å². The largest absolute Gasteiger partial charge is 0.368 e. The molecule has 25 heavy (non-hydrogen) atoms. The summed E-state index contributed by atoms with van der Waals surface area (Å²) < 4.78 is 24.9. The van der Waals surface area contributed by atoms with Gasteiger partial charge in [-0.05, 0) is 49.1 Å². The minimum atomic E-state index is -3.46. The van der Waals surface area contributed by atoms with Gasteiger partial charge >= 0.3 is 0 Å². The first-order chi connectivity index (χ1) is 11.9. The Bertz CT molecular complexity index is 834. The van der Waals surface area contributed by atoms with Crippen molar-refractivity contribution >= 4 is 31.6 Å². The molecule has 0 amide bonds. The fraction of sp³-hybridized carbons (Fsp3) is 0.438. The molecule has 1 aromatic heterocycles. The summed E-state index contributed by atoms with van der Waals surface area (Å²) in [7, 11) is -2.66. The average Bonchev–Trinajstić information content (AvgIpc) is 2.61. The lowest BCUT2D eigenvalue weighted by molar-refractivity contribution is 0.567. The first-order valence-corrected chi connectivity index (χ1v) is 11.1. The van der Waals surface area contributed by atoms with Gasteiger partial charge in [-0.15, -0.1) is 0 Å². The zero-order valence-corrected chi connectivity index (χ0v) is 15.7. The van der Waals surface area contributed by atoms with Crippen LogP contribution in [0.2, 0.25) is 0 Å². The number of hydrogen-bond acceptors (Lipinski definition) is 8. The van der Waals surface area contributed by atoms with Crippen molar-refractivity contribution < 1.29 is 8.42 Å². The predicted molar refractivity (Wildman–Crippen MR) is 100.0 cm³/mol. The number of hydrogen-bond donors (Lipinski definition) is 1. The van der Waals surface area contributed by atoms with Crippen molar-refractivity contribution in [3.05, 3.63) is 35.7 Å². The van der Waals surface area contributed by atoms with E-state index >= 15 is 0 Å². The Morgan fingerprint density at radius 1 is 1.08 bits per heavy atom. The Morgan fingerprint density at radius 3 is 2.44 bits per heavy atom. The van der Waals surface area contributed by atoms with E-state index in [2.05, 4.69) is 19.9 Å². The quantitative estimate of drug-likeness (QED) is 0.790. The summed E-state index contributed by atoms with van der Waals surface area (Å²) in [6.45, 7) is 3.69. The van der Waals surface area contributed by atoms with Gasteiger partial charge in [0.2, 0.25) is 20.8 Å².